The molecule has 2 heterocycles. The van der Waals surface area contributed by atoms with Gasteiger partial charge in [-0.3, -0.25) is 0 Å². The highest BCUT2D eigenvalue weighted by molar-refractivity contribution is 5.91. The van der Waals surface area contributed by atoms with E-state index in [0.717, 1.165) is 42.8 Å². The lowest BCUT2D eigenvalue weighted by atomic mass is 10.1. The van der Waals surface area contributed by atoms with Crippen molar-refractivity contribution in [3.63, 3.8) is 0 Å². The van der Waals surface area contributed by atoms with Crippen LogP contribution in [0.1, 0.15) is 5.56 Å². The van der Waals surface area contributed by atoms with Crippen LogP contribution in [0, 0.1) is 12.7 Å². The Morgan fingerprint density at radius 2 is 1.62 bits per heavy atom. The molecule has 0 aliphatic carbocycles. The number of hydrogen-bond donors (Lipinski definition) is 0. The second-order valence-corrected chi connectivity index (χ2v) is 6.18. The van der Waals surface area contributed by atoms with Gasteiger partial charge in [0.05, 0.1) is 23.1 Å². The number of halogens is 1. The normalized spacial score (nSPS) is 15.1. The van der Waals surface area contributed by atoms with Crippen LogP contribution in [0.5, 0.6) is 0 Å². The molecular formula is C19H19FN4. The molecule has 1 aromatic heterocycles. The van der Waals surface area contributed by atoms with Crippen LogP contribution in [0.3, 0.4) is 0 Å². The first-order valence-corrected chi connectivity index (χ1v) is 8.19. The summed E-state index contributed by atoms with van der Waals surface area (Å²) in [5.41, 5.74) is 3.92. The molecule has 0 unspecified atom stereocenters. The van der Waals surface area contributed by atoms with Crippen LogP contribution in [0.15, 0.2) is 48.7 Å². The number of para-hydroxylation sites is 1. The van der Waals surface area contributed by atoms with E-state index in [1.165, 1.54) is 11.6 Å². The zero-order valence-electron chi connectivity index (χ0n) is 13.6. The third-order valence-corrected chi connectivity index (χ3v) is 4.59. The average molecular weight is 322 g/mol. The fraction of sp³-hybridized carbons (Fsp3) is 0.263. The molecule has 0 bridgehead atoms. The van der Waals surface area contributed by atoms with Gasteiger partial charge in [-0.15, -0.1) is 0 Å². The number of aromatic nitrogens is 2. The largest absolute Gasteiger partial charge is 0.366 e. The quantitative estimate of drug-likeness (QED) is 0.724. The van der Waals surface area contributed by atoms with E-state index >= 15 is 0 Å². The van der Waals surface area contributed by atoms with Gasteiger partial charge in [-0.25, -0.2) is 4.39 Å². The number of anilines is 2. The topological polar surface area (TPSA) is 32.3 Å². The van der Waals surface area contributed by atoms with E-state index in [4.69, 9.17) is 0 Å². The summed E-state index contributed by atoms with van der Waals surface area (Å²) >= 11 is 0. The van der Waals surface area contributed by atoms with Gasteiger partial charge in [-0.1, -0.05) is 23.8 Å². The van der Waals surface area contributed by atoms with E-state index in [0.29, 0.717) is 5.69 Å². The van der Waals surface area contributed by atoms with Crippen molar-refractivity contribution in [2.45, 2.75) is 6.92 Å². The van der Waals surface area contributed by atoms with Gasteiger partial charge >= 0.3 is 0 Å². The molecule has 0 amide bonds. The van der Waals surface area contributed by atoms with Crippen molar-refractivity contribution < 1.29 is 4.39 Å². The molecule has 1 aliphatic heterocycles. The lowest BCUT2D eigenvalue weighted by molar-refractivity contribution is 0.598. The lowest BCUT2D eigenvalue weighted by Gasteiger charge is -2.37. The Morgan fingerprint density at radius 1 is 0.917 bits per heavy atom. The van der Waals surface area contributed by atoms with Crippen LogP contribution in [0.4, 0.5) is 15.8 Å². The van der Waals surface area contributed by atoms with Crippen molar-refractivity contribution in [2.75, 3.05) is 36.0 Å². The second-order valence-electron chi connectivity index (χ2n) is 6.18. The van der Waals surface area contributed by atoms with Crippen molar-refractivity contribution in [1.29, 1.82) is 0 Å². The second kappa shape index (κ2) is 6.07. The lowest BCUT2D eigenvalue weighted by Crippen LogP contribution is -2.47. The Labute approximate surface area is 140 Å². The number of rotatable bonds is 2. The SMILES string of the molecule is Cc1ccc2nncc(N3CCN(c4ccccc4F)CC3)c2c1. The number of hydrogen-bond acceptors (Lipinski definition) is 4. The third-order valence-electron chi connectivity index (χ3n) is 4.59. The molecule has 0 atom stereocenters. The molecule has 1 aliphatic rings. The molecule has 0 saturated carbocycles. The summed E-state index contributed by atoms with van der Waals surface area (Å²) in [6.07, 6.45) is 1.83. The molecule has 0 spiro atoms. The van der Waals surface area contributed by atoms with Gasteiger partial charge < -0.3 is 9.80 Å². The molecule has 0 radical (unpaired) electrons. The predicted molar refractivity (Wildman–Crippen MR) is 95.1 cm³/mol. The maximum Gasteiger partial charge on any atom is 0.146 e. The predicted octanol–water partition coefficient (Wildman–Crippen LogP) is 3.40. The zero-order chi connectivity index (χ0) is 16.5. The highest BCUT2D eigenvalue weighted by Gasteiger charge is 2.21. The number of aryl methyl sites for hydroxylation is 1. The van der Waals surface area contributed by atoms with E-state index in [1.54, 1.807) is 6.07 Å². The first-order valence-electron chi connectivity index (χ1n) is 8.19. The summed E-state index contributed by atoms with van der Waals surface area (Å²) in [4.78, 5) is 4.42. The first kappa shape index (κ1) is 14.9. The molecule has 4 rings (SSSR count). The molecule has 5 heteroatoms. The number of benzene rings is 2. The highest BCUT2D eigenvalue weighted by Crippen LogP contribution is 2.27. The number of nitrogens with zero attached hydrogens (tertiary/aromatic N) is 4. The highest BCUT2D eigenvalue weighted by atomic mass is 19.1. The Hall–Kier alpha value is -2.69. The average Bonchev–Trinajstić information content (AvgIpc) is 2.62. The molecule has 0 N–H and O–H groups in total. The van der Waals surface area contributed by atoms with Crippen LogP contribution in [0.25, 0.3) is 10.9 Å². The molecule has 24 heavy (non-hydrogen) atoms. The summed E-state index contributed by atoms with van der Waals surface area (Å²) in [6.45, 7) is 5.33. The van der Waals surface area contributed by atoms with Gasteiger partial charge in [-0.2, -0.15) is 10.2 Å². The van der Waals surface area contributed by atoms with Gasteiger partial charge in [0.15, 0.2) is 0 Å². The Kier molecular flexibility index (Phi) is 3.76. The summed E-state index contributed by atoms with van der Waals surface area (Å²) < 4.78 is 14.0. The van der Waals surface area contributed by atoms with Gasteiger partial charge in [0.25, 0.3) is 0 Å². The van der Waals surface area contributed by atoms with Crippen molar-refractivity contribution in [1.82, 2.24) is 10.2 Å². The van der Waals surface area contributed by atoms with Crippen molar-refractivity contribution >= 4 is 22.3 Å². The minimum atomic E-state index is -0.155. The molecule has 1 saturated heterocycles. The summed E-state index contributed by atoms with van der Waals surface area (Å²) in [5, 5.41) is 9.49. The zero-order valence-corrected chi connectivity index (χ0v) is 13.6. The van der Waals surface area contributed by atoms with Crippen molar-refractivity contribution in [2.24, 2.45) is 0 Å². The maximum absolute atomic E-state index is 14.0. The summed E-state index contributed by atoms with van der Waals surface area (Å²) in [5.74, 6) is -0.155. The third kappa shape index (κ3) is 2.66. The smallest absolute Gasteiger partial charge is 0.146 e. The van der Waals surface area contributed by atoms with E-state index in [1.807, 2.05) is 24.4 Å². The van der Waals surface area contributed by atoms with Crippen molar-refractivity contribution in [3.8, 4) is 0 Å². The minimum Gasteiger partial charge on any atom is -0.366 e. The Morgan fingerprint density at radius 3 is 2.38 bits per heavy atom. The van der Waals surface area contributed by atoms with Crippen LogP contribution < -0.4 is 9.80 Å². The van der Waals surface area contributed by atoms with Gasteiger partial charge in [0.1, 0.15) is 5.82 Å². The minimum absolute atomic E-state index is 0.155. The molecular weight excluding hydrogens is 303 g/mol. The first-order chi connectivity index (χ1) is 11.7. The fourth-order valence-electron chi connectivity index (χ4n) is 3.31. The monoisotopic (exact) mass is 322 g/mol. The molecule has 4 nitrogen and oxygen atoms in total. The standard InChI is InChI=1S/C19H19FN4/c1-14-6-7-17-15(12-14)19(13-21-22-17)24-10-8-23(9-11-24)18-5-3-2-4-16(18)20/h2-7,12-13H,8-11H2,1H3. The summed E-state index contributed by atoms with van der Waals surface area (Å²) in [6, 6.07) is 13.2. The number of piperazine rings is 1. The number of fused-ring (bicyclic) bond motifs is 1. The molecule has 3 aromatic rings. The van der Waals surface area contributed by atoms with Crippen molar-refractivity contribution in [3.05, 3.63) is 60.0 Å². The Balaban J connectivity index is 1.58. The fourth-order valence-corrected chi connectivity index (χ4v) is 3.31. The van der Waals surface area contributed by atoms with E-state index in [9.17, 15) is 4.39 Å². The molecule has 1 fully saturated rings. The molecule has 2 aromatic carbocycles. The van der Waals surface area contributed by atoms with Gasteiger partial charge in [0, 0.05) is 31.6 Å². The maximum atomic E-state index is 14.0. The van der Waals surface area contributed by atoms with E-state index in [-0.39, 0.29) is 5.82 Å². The van der Waals surface area contributed by atoms with Crippen LogP contribution >= 0.6 is 0 Å². The van der Waals surface area contributed by atoms with Gasteiger partial charge in [-0.05, 0) is 31.2 Å². The van der Waals surface area contributed by atoms with E-state index in [2.05, 4.69) is 39.1 Å². The van der Waals surface area contributed by atoms with Crippen LogP contribution in [-0.2, 0) is 0 Å². The van der Waals surface area contributed by atoms with Gasteiger partial charge in [0.2, 0.25) is 0 Å². The molecule has 122 valence electrons. The van der Waals surface area contributed by atoms with E-state index < -0.39 is 0 Å². The van der Waals surface area contributed by atoms with Crippen LogP contribution in [-0.4, -0.2) is 36.4 Å². The Bertz CT molecular complexity index is 872. The van der Waals surface area contributed by atoms with Crippen LogP contribution in [0.2, 0.25) is 0 Å². The summed E-state index contributed by atoms with van der Waals surface area (Å²) in [7, 11) is 0.